The minimum absolute atomic E-state index is 0.0123. The van der Waals surface area contributed by atoms with E-state index < -0.39 is 9.84 Å². The van der Waals surface area contributed by atoms with Gasteiger partial charge in [0, 0.05) is 13.1 Å². The number of carbonyl (C=O) groups excluding carboxylic acids is 1. The highest BCUT2D eigenvalue weighted by molar-refractivity contribution is 7.91. The third-order valence-corrected chi connectivity index (χ3v) is 4.05. The van der Waals surface area contributed by atoms with Gasteiger partial charge in [-0.1, -0.05) is 0 Å². The molecule has 2 N–H and O–H groups in total. The molecule has 1 aliphatic rings. The topological polar surface area (TPSA) is 75.3 Å². The highest BCUT2D eigenvalue weighted by Crippen LogP contribution is 2.17. The van der Waals surface area contributed by atoms with Gasteiger partial charge in [0.2, 0.25) is 5.91 Å². The average Bonchev–Trinajstić information content (AvgIpc) is 2.46. The van der Waals surface area contributed by atoms with Gasteiger partial charge in [0.1, 0.15) is 0 Å². The van der Waals surface area contributed by atoms with Crippen molar-refractivity contribution in [3.05, 3.63) is 0 Å². The minimum atomic E-state index is -2.95. The van der Waals surface area contributed by atoms with Crippen LogP contribution in [-0.2, 0) is 14.6 Å². The number of amides is 1. The minimum Gasteiger partial charge on any atom is -0.355 e. The molecule has 1 amide bonds. The van der Waals surface area contributed by atoms with Crippen LogP contribution in [0.3, 0.4) is 0 Å². The molecule has 14 heavy (non-hydrogen) atoms. The molecule has 0 radical (unpaired) electrons. The molecule has 0 aliphatic carbocycles. The van der Waals surface area contributed by atoms with Crippen LogP contribution in [0.5, 0.6) is 0 Å². The van der Waals surface area contributed by atoms with Crippen LogP contribution in [0.25, 0.3) is 0 Å². The standard InChI is InChI=1S/C8H16N2O3S/c1-9-3-4-10-8(11)7-2-5-14(12,13)6-7/h7,9H,2-6H2,1H3,(H,10,11). The molecule has 1 fully saturated rings. The Bertz CT molecular complexity index is 300. The molecule has 1 unspecified atom stereocenters. The summed E-state index contributed by atoms with van der Waals surface area (Å²) in [5.41, 5.74) is 0. The van der Waals surface area contributed by atoms with Gasteiger partial charge < -0.3 is 10.6 Å². The summed E-state index contributed by atoms with van der Waals surface area (Å²) in [5.74, 6) is -0.312. The van der Waals surface area contributed by atoms with Crippen molar-refractivity contribution in [3.8, 4) is 0 Å². The second kappa shape index (κ2) is 4.75. The number of hydrogen-bond acceptors (Lipinski definition) is 4. The molecule has 0 aromatic rings. The van der Waals surface area contributed by atoms with Crippen molar-refractivity contribution in [3.63, 3.8) is 0 Å². The zero-order valence-corrected chi connectivity index (χ0v) is 9.06. The van der Waals surface area contributed by atoms with E-state index in [0.29, 0.717) is 19.5 Å². The fourth-order valence-corrected chi connectivity index (χ4v) is 3.20. The van der Waals surface area contributed by atoms with Crippen LogP contribution in [0.1, 0.15) is 6.42 Å². The van der Waals surface area contributed by atoms with E-state index in [1.54, 1.807) is 7.05 Å². The second-order valence-corrected chi connectivity index (χ2v) is 5.72. The molecule has 0 bridgehead atoms. The van der Waals surface area contributed by atoms with E-state index in [9.17, 15) is 13.2 Å². The van der Waals surface area contributed by atoms with Crippen molar-refractivity contribution in [2.45, 2.75) is 6.42 Å². The molecule has 0 aromatic heterocycles. The van der Waals surface area contributed by atoms with E-state index in [-0.39, 0.29) is 23.3 Å². The van der Waals surface area contributed by atoms with Crippen molar-refractivity contribution in [1.82, 2.24) is 10.6 Å². The van der Waals surface area contributed by atoms with E-state index in [1.807, 2.05) is 0 Å². The average molecular weight is 220 g/mol. The third-order valence-electron chi connectivity index (χ3n) is 2.28. The Morgan fingerprint density at radius 3 is 2.64 bits per heavy atom. The summed E-state index contributed by atoms with van der Waals surface area (Å²) in [6.07, 6.45) is 0.466. The van der Waals surface area contributed by atoms with Gasteiger partial charge in [0.05, 0.1) is 17.4 Å². The zero-order chi connectivity index (χ0) is 10.6. The van der Waals surface area contributed by atoms with Gasteiger partial charge in [-0.3, -0.25) is 4.79 Å². The van der Waals surface area contributed by atoms with E-state index in [0.717, 1.165) is 0 Å². The van der Waals surface area contributed by atoms with Crippen LogP contribution in [0.2, 0.25) is 0 Å². The Hall–Kier alpha value is -0.620. The lowest BCUT2D eigenvalue weighted by Crippen LogP contribution is -2.35. The summed E-state index contributed by atoms with van der Waals surface area (Å²) in [6, 6.07) is 0. The lowest BCUT2D eigenvalue weighted by atomic mass is 10.1. The number of likely N-dealkylation sites (N-methyl/N-ethyl adjacent to an activating group) is 1. The van der Waals surface area contributed by atoms with E-state index in [2.05, 4.69) is 10.6 Å². The zero-order valence-electron chi connectivity index (χ0n) is 8.25. The van der Waals surface area contributed by atoms with Crippen molar-refractivity contribution in [2.24, 2.45) is 5.92 Å². The summed E-state index contributed by atoms with van der Waals surface area (Å²) in [7, 11) is -1.15. The Balaban J connectivity index is 2.33. The van der Waals surface area contributed by atoms with Gasteiger partial charge in [-0.2, -0.15) is 0 Å². The molecular weight excluding hydrogens is 204 g/mol. The van der Waals surface area contributed by atoms with Gasteiger partial charge in [-0.15, -0.1) is 0 Å². The summed E-state index contributed by atoms with van der Waals surface area (Å²) in [5, 5.41) is 5.59. The third kappa shape index (κ3) is 3.26. The Labute approximate surface area is 84.2 Å². The van der Waals surface area contributed by atoms with Crippen LogP contribution < -0.4 is 10.6 Å². The van der Waals surface area contributed by atoms with Crippen LogP contribution >= 0.6 is 0 Å². The number of nitrogens with one attached hydrogen (secondary N) is 2. The fourth-order valence-electron chi connectivity index (χ4n) is 1.46. The van der Waals surface area contributed by atoms with Gasteiger partial charge in [-0.05, 0) is 13.5 Å². The summed E-state index contributed by atoms with van der Waals surface area (Å²) >= 11 is 0. The summed E-state index contributed by atoms with van der Waals surface area (Å²) in [6.45, 7) is 1.25. The highest BCUT2D eigenvalue weighted by atomic mass is 32.2. The molecular formula is C8H16N2O3S. The first-order valence-electron chi connectivity index (χ1n) is 4.68. The molecule has 0 saturated carbocycles. The van der Waals surface area contributed by atoms with Crippen molar-refractivity contribution < 1.29 is 13.2 Å². The van der Waals surface area contributed by atoms with Crippen molar-refractivity contribution in [2.75, 3.05) is 31.6 Å². The van der Waals surface area contributed by atoms with E-state index in [1.165, 1.54) is 0 Å². The monoisotopic (exact) mass is 220 g/mol. The van der Waals surface area contributed by atoms with Gasteiger partial charge >= 0.3 is 0 Å². The second-order valence-electron chi connectivity index (χ2n) is 3.49. The van der Waals surface area contributed by atoms with Crippen LogP contribution in [0.15, 0.2) is 0 Å². The Morgan fingerprint density at radius 1 is 1.43 bits per heavy atom. The first-order valence-corrected chi connectivity index (χ1v) is 6.50. The summed E-state index contributed by atoms with van der Waals surface area (Å²) < 4.78 is 22.2. The normalized spacial score (nSPS) is 24.8. The van der Waals surface area contributed by atoms with Gasteiger partial charge in [-0.25, -0.2) is 8.42 Å². The van der Waals surface area contributed by atoms with E-state index in [4.69, 9.17) is 0 Å². The van der Waals surface area contributed by atoms with Crippen molar-refractivity contribution >= 4 is 15.7 Å². The number of rotatable bonds is 4. The number of sulfone groups is 1. The predicted octanol–water partition coefficient (Wildman–Crippen LogP) is -1.24. The Morgan fingerprint density at radius 2 is 2.14 bits per heavy atom. The summed E-state index contributed by atoms with van der Waals surface area (Å²) in [4.78, 5) is 11.4. The SMILES string of the molecule is CNCCNC(=O)C1CCS(=O)(=O)C1. The fraction of sp³-hybridized carbons (Fsp3) is 0.875. The largest absolute Gasteiger partial charge is 0.355 e. The predicted molar refractivity (Wildman–Crippen MR) is 53.7 cm³/mol. The Kier molecular flexibility index (Phi) is 3.88. The molecule has 0 spiro atoms. The quantitative estimate of drug-likeness (QED) is 0.581. The molecule has 82 valence electrons. The maximum atomic E-state index is 11.4. The first kappa shape index (κ1) is 11.5. The first-order chi connectivity index (χ1) is 6.55. The van der Waals surface area contributed by atoms with Gasteiger partial charge in [0.15, 0.2) is 9.84 Å². The van der Waals surface area contributed by atoms with Crippen LogP contribution in [0.4, 0.5) is 0 Å². The van der Waals surface area contributed by atoms with E-state index >= 15 is 0 Å². The smallest absolute Gasteiger partial charge is 0.224 e. The molecule has 0 aromatic carbocycles. The molecule has 5 nitrogen and oxygen atoms in total. The molecule has 1 saturated heterocycles. The maximum Gasteiger partial charge on any atom is 0.224 e. The molecule has 1 atom stereocenters. The molecule has 6 heteroatoms. The molecule has 1 aliphatic heterocycles. The molecule has 1 heterocycles. The lowest BCUT2D eigenvalue weighted by molar-refractivity contribution is -0.124. The lowest BCUT2D eigenvalue weighted by Gasteiger charge is -2.08. The highest BCUT2D eigenvalue weighted by Gasteiger charge is 2.32. The maximum absolute atomic E-state index is 11.4. The van der Waals surface area contributed by atoms with Crippen LogP contribution in [-0.4, -0.2) is 46.0 Å². The van der Waals surface area contributed by atoms with Crippen LogP contribution in [0, 0.1) is 5.92 Å². The van der Waals surface area contributed by atoms with Crippen molar-refractivity contribution in [1.29, 1.82) is 0 Å². The number of carbonyl (C=O) groups is 1. The number of hydrogen-bond donors (Lipinski definition) is 2. The van der Waals surface area contributed by atoms with Gasteiger partial charge in [0.25, 0.3) is 0 Å². The molecule has 1 rings (SSSR count).